The van der Waals surface area contributed by atoms with E-state index in [4.69, 9.17) is 4.42 Å². The van der Waals surface area contributed by atoms with E-state index in [1.807, 2.05) is 20.8 Å². The van der Waals surface area contributed by atoms with Crippen molar-refractivity contribution in [2.75, 3.05) is 13.1 Å². The summed E-state index contributed by atoms with van der Waals surface area (Å²) >= 11 is 0. The minimum atomic E-state index is -3.48. The normalized spacial score (nSPS) is 13.0. The van der Waals surface area contributed by atoms with Crippen LogP contribution in [0.4, 0.5) is 0 Å². The Hall–Kier alpha value is -2.12. The molecule has 6 nitrogen and oxygen atoms in total. The lowest BCUT2D eigenvalue weighted by molar-refractivity contribution is 0.0910. The Morgan fingerprint density at radius 3 is 2.20 bits per heavy atom. The number of benzene rings is 1. The van der Waals surface area contributed by atoms with Crippen LogP contribution in [-0.4, -0.2) is 31.7 Å². The molecule has 1 aromatic heterocycles. The van der Waals surface area contributed by atoms with Gasteiger partial charge in [0, 0.05) is 13.1 Å². The Morgan fingerprint density at radius 1 is 1.12 bits per heavy atom. The Labute approximate surface area is 148 Å². The number of sulfonamides is 1. The highest BCUT2D eigenvalue weighted by atomic mass is 32.2. The third-order valence-corrected chi connectivity index (χ3v) is 6.10. The first-order chi connectivity index (χ1) is 11.8. The van der Waals surface area contributed by atoms with Crippen LogP contribution in [0.25, 0.3) is 0 Å². The smallest absolute Gasteiger partial charge is 0.287 e. The van der Waals surface area contributed by atoms with Crippen LogP contribution in [0, 0.1) is 6.92 Å². The highest BCUT2D eigenvalue weighted by molar-refractivity contribution is 7.89. The second-order valence-corrected chi connectivity index (χ2v) is 7.70. The SMILES string of the molecule is CCN(CC)S(=O)(=O)c1ccc([C@@H](C)NC(=O)c2ccc(C)o2)cc1. The molecule has 0 spiro atoms. The van der Waals surface area contributed by atoms with Crippen molar-refractivity contribution in [1.29, 1.82) is 0 Å². The third-order valence-electron chi connectivity index (χ3n) is 4.04. The van der Waals surface area contributed by atoms with Gasteiger partial charge in [0.1, 0.15) is 5.76 Å². The van der Waals surface area contributed by atoms with Crippen LogP contribution in [-0.2, 0) is 10.0 Å². The molecule has 136 valence electrons. The van der Waals surface area contributed by atoms with Gasteiger partial charge < -0.3 is 9.73 Å². The summed E-state index contributed by atoms with van der Waals surface area (Å²) in [5, 5.41) is 2.84. The highest BCUT2D eigenvalue weighted by Crippen LogP contribution is 2.20. The Bertz CT molecular complexity index is 821. The monoisotopic (exact) mass is 364 g/mol. The minimum absolute atomic E-state index is 0.250. The number of carbonyl (C=O) groups is 1. The molecule has 0 aliphatic heterocycles. The van der Waals surface area contributed by atoms with Gasteiger partial charge in [0.25, 0.3) is 5.91 Å². The Balaban J connectivity index is 2.12. The fourth-order valence-corrected chi connectivity index (χ4v) is 4.01. The summed E-state index contributed by atoms with van der Waals surface area (Å²) in [5.41, 5.74) is 0.815. The number of hydrogen-bond acceptors (Lipinski definition) is 4. The predicted octanol–water partition coefficient (Wildman–Crippen LogP) is 3.11. The molecule has 2 aromatic rings. The molecule has 2 rings (SSSR count). The van der Waals surface area contributed by atoms with E-state index in [-0.39, 0.29) is 22.6 Å². The molecule has 25 heavy (non-hydrogen) atoms. The fourth-order valence-electron chi connectivity index (χ4n) is 2.55. The average Bonchev–Trinajstić information content (AvgIpc) is 3.02. The van der Waals surface area contributed by atoms with E-state index in [2.05, 4.69) is 5.32 Å². The quantitative estimate of drug-likeness (QED) is 0.819. The molecule has 0 radical (unpaired) electrons. The van der Waals surface area contributed by atoms with Crippen LogP contribution in [0.3, 0.4) is 0 Å². The van der Waals surface area contributed by atoms with Crippen molar-refractivity contribution in [3.05, 3.63) is 53.5 Å². The lowest BCUT2D eigenvalue weighted by atomic mass is 10.1. The van der Waals surface area contributed by atoms with Crippen molar-refractivity contribution in [3.63, 3.8) is 0 Å². The van der Waals surface area contributed by atoms with Crippen molar-refractivity contribution < 1.29 is 17.6 Å². The van der Waals surface area contributed by atoms with E-state index >= 15 is 0 Å². The summed E-state index contributed by atoms with van der Waals surface area (Å²) in [4.78, 5) is 12.4. The van der Waals surface area contributed by atoms with Crippen molar-refractivity contribution in [3.8, 4) is 0 Å². The molecule has 0 aliphatic carbocycles. The second-order valence-electron chi connectivity index (χ2n) is 5.76. The zero-order valence-electron chi connectivity index (χ0n) is 14.9. The average molecular weight is 364 g/mol. The van der Waals surface area contributed by atoms with E-state index in [0.717, 1.165) is 5.56 Å². The van der Waals surface area contributed by atoms with Crippen molar-refractivity contribution in [2.24, 2.45) is 0 Å². The van der Waals surface area contributed by atoms with Gasteiger partial charge in [0.05, 0.1) is 10.9 Å². The van der Waals surface area contributed by atoms with E-state index in [0.29, 0.717) is 18.8 Å². The van der Waals surface area contributed by atoms with E-state index in [1.165, 1.54) is 4.31 Å². The van der Waals surface area contributed by atoms with Crippen LogP contribution in [0.15, 0.2) is 45.7 Å². The second kappa shape index (κ2) is 7.84. The maximum absolute atomic E-state index is 12.5. The fraction of sp³-hybridized carbons (Fsp3) is 0.389. The predicted molar refractivity (Wildman–Crippen MR) is 95.9 cm³/mol. The van der Waals surface area contributed by atoms with Crippen molar-refractivity contribution in [1.82, 2.24) is 9.62 Å². The van der Waals surface area contributed by atoms with Crippen LogP contribution in [0.2, 0.25) is 0 Å². The van der Waals surface area contributed by atoms with Gasteiger partial charge in [-0.2, -0.15) is 4.31 Å². The number of hydrogen-bond donors (Lipinski definition) is 1. The number of nitrogens with one attached hydrogen (secondary N) is 1. The van der Waals surface area contributed by atoms with Gasteiger partial charge in [-0.3, -0.25) is 4.79 Å². The molecule has 0 saturated heterocycles. The molecular weight excluding hydrogens is 340 g/mol. The summed E-state index contributed by atoms with van der Waals surface area (Å²) < 4.78 is 31.7. The molecule has 0 bridgehead atoms. The summed E-state index contributed by atoms with van der Waals surface area (Å²) in [6.45, 7) is 8.08. The summed E-state index contributed by atoms with van der Waals surface area (Å²) in [7, 11) is -3.48. The lowest BCUT2D eigenvalue weighted by Crippen LogP contribution is -2.30. The lowest BCUT2D eigenvalue weighted by Gasteiger charge is -2.19. The third kappa shape index (κ3) is 4.29. The number of furan rings is 1. The van der Waals surface area contributed by atoms with Crippen molar-refractivity contribution >= 4 is 15.9 Å². The molecular formula is C18H24N2O4S. The van der Waals surface area contributed by atoms with Crippen LogP contribution in [0.1, 0.15) is 48.7 Å². The molecule has 0 aliphatic rings. The standard InChI is InChI=1S/C18H24N2O4S/c1-5-20(6-2)25(22,23)16-10-8-15(9-11-16)14(4)19-18(21)17-12-7-13(3)24-17/h7-12,14H,5-6H2,1-4H3,(H,19,21)/t14-/m1/s1. The molecule has 0 saturated carbocycles. The molecule has 0 unspecified atom stereocenters. The van der Waals surface area contributed by atoms with Gasteiger partial charge in [0.2, 0.25) is 10.0 Å². The van der Waals surface area contributed by atoms with Crippen LogP contribution in [0.5, 0.6) is 0 Å². The Kier molecular flexibility index (Phi) is 6.02. The molecule has 1 amide bonds. The Morgan fingerprint density at radius 2 is 1.72 bits per heavy atom. The molecule has 1 aromatic carbocycles. The minimum Gasteiger partial charge on any atom is -0.456 e. The first-order valence-corrected chi connectivity index (χ1v) is 9.71. The molecule has 1 N–H and O–H groups in total. The maximum atomic E-state index is 12.5. The van der Waals surface area contributed by atoms with Gasteiger partial charge in [-0.05, 0) is 43.7 Å². The number of amides is 1. The number of rotatable bonds is 7. The number of carbonyl (C=O) groups excluding carboxylic acids is 1. The number of aryl methyl sites for hydroxylation is 1. The maximum Gasteiger partial charge on any atom is 0.287 e. The van der Waals surface area contributed by atoms with Gasteiger partial charge in [-0.1, -0.05) is 26.0 Å². The summed E-state index contributed by atoms with van der Waals surface area (Å²) in [5.74, 6) is 0.620. The highest BCUT2D eigenvalue weighted by Gasteiger charge is 2.22. The molecule has 1 atom stereocenters. The van der Waals surface area contributed by atoms with Crippen LogP contribution < -0.4 is 5.32 Å². The van der Waals surface area contributed by atoms with E-state index < -0.39 is 10.0 Å². The first kappa shape index (κ1) is 19.2. The molecule has 7 heteroatoms. The summed E-state index contributed by atoms with van der Waals surface area (Å²) in [6, 6.07) is 9.65. The summed E-state index contributed by atoms with van der Waals surface area (Å²) in [6.07, 6.45) is 0. The van der Waals surface area contributed by atoms with Crippen molar-refractivity contribution in [2.45, 2.75) is 38.6 Å². The van der Waals surface area contributed by atoms with Gasteiger partial charge >= 0.3 is 0 Å². The largest absolute Gasteiger partial charge is 0.456 e. The van der Waals surface area contributed by atoms with Gasteiger partial charge in [0.15, 0.2) is 5.76 Å². The number of nitrogens with zero attached hydrogens (tertiary/aromatic N) is 1. The topological polar surface area (TPSA) is 79.6 Å². The van der Waals surface area contributed by atoms with E-state index in [9.17, 15) is 13.2 Å². The molecule has 0 fully saturated rings. The zero-order valence-corrected chi connectivity index (χ0v) is 15.8. The van der Waals surface area contributed by atoms with E-state index in [1.54, 1.807) is 43.3 Å². The van der Waals surface area contributed by atoms with Gasteiger partial charge in [-0.15, -0.1) is 0 Å². The van der Waals surface area contributed by atoms with Gasteiger partial charge in [-0.25, -0.2) is 8.42 Å². The van der Waals surface area contributed by atoms with Crippen LogP contribution >= 0.6 is 0 Å². The molecule has 1 heterocycles. The first-order valence-electron chi connectivity index (χ1n) is 8.27. The zero-order chi connectivity index (χ0) is 18.6.